The lowest BCUT2D eigenvalue weighted by Crippen LogP contribution is -2.01. The van der Waals surface area contributed by atoms with Crippen molar-refractivity contribution in [1.82, 2.24) is 0 Å². The lowest BCUT2D eigenvalue weighted by molar-refractivity contribution is 0.414. The van der Waals surface area contributed by atoms with Gasteiger partial charge in [-0.3, -0.25) is 0 Å². The fraction of sp³-hybridized carbons (Fsp3) is 0.308. The van der Waals surface area contributed by atoms with Gasteiger partial charge in [-0.05, 0) is 41.7 Å². The number of benzene rings is 1. The molecule has 0 bridgehead atoms. The van der Waals surface area contributed by atoms with E-state index in [-0.39, 0.29) is 0 Å². The van der Waals surface area contributed by atoms with E-state index in [2.05, 4.69) is 12.1 Å². The van der Waals surface area contributed by atoms with Crippen LogP contribution in [-0.4, -0.2) is 7.11 Å². The highest BCUT2D eigenvalue weighted by Crippen LogP contribution is 2.35. The standard InChI is InChI=1S/C13H12ClNO/c1-16-13-8-11-9(5-6-15)3-2-4-10(11)7-12(13)14/h3,7-8H,2,4-5H2,1H3. The Balaban J connectivity index is 2.50. The van der Waals surface area contributed by atoms with E-state index in [4.69, 9.17) is 21.6 Å². The smallest absolute Gasteiger partial charge is 0.138 e. The molecule has 2 rings (SSSR count). The number of hydrogen-bond donors (Lipinski definition) is 0. The molecule has 0 radical (unpaired) electrons. The van der Waals surface area contributed by atoms with Crippen molar-refractivity contribution in [2.75, 3.05) is 7.11 Å². The molecular formula is C13H12ClNO. The number of allylic oxidation sites excluding steroid dienone is 2. The molecule has 1 aliphatic carbocycles. The van der Waals surface area contributed by atoms with E-state index in [1.807, 2.05) is 12.1 Å². The SMILES string of the molecule is COc1cc2c(cc1Cl)CCC=C2CC#N. The maximum Gasteiger partial charge on any atom is 0.138 e. The number of nitrogens with zero attached hydrogens (tertiary/aromatic N) is 1. The van der Waals surface area contributed by atoms with E-state index < -0.39 is 0 Å². The predicted molar refractivity (Wildman–Crippen MR) is 64.5 cm³/mol. The second-order valence-corrected chi connectivity index (χ2v) is 4.15. The monoisotopic (exact) mass is 233 g/mol. The first-order valence-corrected chi connectivity index (χ1v) is 5.57. The summed E-state index contributed by atoms with van der Waals surface area (Å²) in [4.78, 5) is 0. The fourth-order valence-electron chi connectivity index (χ4n) is 2.02. The minimum atomic E-state index is 0.442. The number of aryl methyl sites for hydroxylation is 1. The summed E-state index contributed by atoms with van der Waals surface area (Å²) in [5.74, 6) is 0.672. The lowest BCUT2D eigenvalue weighted by Gasteiger charge is -2.18. The van der Waals surface area contributed by atoms with Crippen molar-refractivity contribution in [3.05, 3.63) is 34.4 Å². The van der Waals surface area contributed by atoms with Crippen LogP contribution < -0.4 is 4.74 Å². The summed E-state index contributed by atoms with van der Waals surface area (Å²) in [5.41, 5.74) is 3.39. The van der Waals surface area contributed by atoms with Gasteiger partial charge in [0.25, 0.3) is 0 Å². The Morgan fingerprint density at radius 3 is 3.00 bits per heavy atom. The van der Waals surface area contributed by atoms with E-state index in [1.54, 1.807) is 7.11 Å². The highest BCUT2D eigenvalue weighted by molar-refractivity contribution is 6.32. The summed E-state index contributed by atoms with van der Waals surface area (Å²) in [6.07, 6.45) is 4.53. The molecule has 0 saturated carbocycles. The van der Waals surface area contributed by atoms with Gasteiger partial charge in [0.15, 0.2) is 0 Å². The molecule has 2 nitrogen and oxygen atoms in total. The zero-order valence-electron chi connectivity index (χ0n) is 9.09. The first-order valence-electron chi connectivity index (χ1n) is 5.19. The molecule has 0 atom stereocenters. The molecule has 1 aromatic carbocycles. The number of halogens is 1. The second kappa shape index (κ2) is 4.59. The van der Waals surface area contributed by atoms with Crippen LogP contribution in [0.15, 0.2) is 18.2 Å². The van der Waals surface area contributed by atoms with Crippen LogP contribution in [0.25, 0.3) is 5.57 Å². The van der Waals surface area contributed by atoms with Crippen LogP contribution in [0, 0.1) is 11.3 Å². The Morgan fingerprint density at radius 1 is 1.50 bits per heavy atom. The fourth-order valence-corrected chi connectivity index (χ4v) is 2.28. The molecule has 0 aromatic heterocycles. The first kappa shape index (κ1) is 11.0. The van der Waals surface area contributed by atoms with Crippen molar-refractivity contribution in [1.29, 1.82) is 5.26 Å². The molecule has 3 heteroatoms. The van der Waals surface area contributed by atoms with Gasteiger partial charge in [-0.25, -0.2) is 0 Å². The summed E-state index contributed by atoms with van der Waals surface area (Å²) in [6.45, 7) is 0. The molecule has 0 unspecified atom stereocenters. The average Bonchev–Trinajstić information content (AvgIpc) is 2.29. The van der Waals surface area contributed by atoms with Crippen LogP contribution >= 0.6 is 11.6 Å². The first-order chi connectivity index (χ1) is 7.76. The van der Waals surface area contributed by atoms with Gasteiger partial charge in [0, 0.05) is 0 Å². The van der Waals surface area contributed by atoms with Crippen LogP contribution in [0.1, 0.15) is 24.0 Å². The third-order valence-electron chi connectivity index (χ3n) is 2.80. The number of nitriles is 1. The molecule has 0 aliphatic heterocycles. The van der Waals surface area contributed by atoms with Crippen LogP contribution in [-0.2, 0) is 6.42 Å². The van der Waals surface area contributed by atoms with Gasteiger partial charge in [0.05, 0.1) is 24.6 Å². The molecular weight excluding hydrogens is 222 g/mol. The summed E-state index contributed by atoms with van der Waals surface area (Å²) < 4.78 is 5.20. The number of fused-ring (bicyclic) bond motifs is 1. The summed E-state index contributed by atoms with van der Waals surface area (Å²) in [6, 6.07) is 6.06. The van der Waals surface area contributed by atoms with Gasteiger partial charge in [-0.15, -0.1) is 0 Å². The molecule has 82 valence electrons. The van der Waals surface area contributed by atoms with Gasteiger partial charge in [-0.2, -0.15) is 5.26 Å². The molecule has 0 saturated heterocycles. The topological polar surface area (TPSA) is 33.0 Å². The van der Waals surface area contributed by atoms with E-state index in [9.17, 15) is 0 Å². The molecule has 1 aromatic rings. The van der Waals surface area contributed by atoms with Gasteiger partial charge in [0.2, 0.25) is 0 Å². The van der Waals surface area contributed by atoms with E-state index in [0.29, 0.717) is 17.2 Å². The average molecular weight is 234 g/mol. The highest BCUT2D eigenvalue weighted by atomic mass is 35.5. The van der Waals surface area contributed by atoms with Crippen LogP contribution in [0.2, 0.25) is 5.02 Å². The maximum atomic E-state index is 8.78. The normalized spacial score (nSPS) is 13.7. The third kappa shape index (κ3) is 1.91. The van der Waals surface area contributed by atoms with E-state index >= 15 is 0 Å². The van der Waals surface area contributed by atoms with Crippen molar-refractivity contribution >= 4 is 17.2 Å². The Kier molecular flexibility index (Phi) is 3.17. The summed E-state index contributed by atoms with van der Waals surface area (Å²) in [7, 11) is 1.60. The zero-order valence-corrected chi connectivity index (χ0v) is 9.84. The molecule has 0 N–H and O–H groups in total. The molecule has 0 fully saturated rings. The van der Waals surface area contributed by atoms with Crippen LogP contribution in [0.3, 0.4) is 0 Å². The number of hydrogen-bond acceptors (Lipinski definition) is 2. The Hall–Kier alpha value is -1.46. The quantitative estimate of drug-likeness (QED) is 0.782. The summed E-state index contributed by atoms with van der Waals surface area (Å²) in [5, 5.41) is 9.42. The minimum absolute atomic E-state index is 0.442. The van der Waals surface area contributed by atoms with Crippen molar-refractivity contribution in [3.63, 3.8) is 0 Å². The van der Waals surface area contributed by atoms with Crippen LogP contribution in [0.4, 0.5) is 0 Å². The van der Waals surface area contributed by atoms with Gasteiger partial charge in [0.1, 0.15) is 5.75 Å². The third-order valence-corrected chi connectivity index (χ3v) is 3.09. The van der Waals surface area contributed by atoms with Gasteiger partial charge in [-0.1, -0.05) is 17.7 Å². The number of rotatable bonds is 2. The summed E-state index contributed by atoms with van der Waals surface area (Å²) >= 11 is 6.08. The van der Waals surface area contributed by atoms with Crippen molar-refractivity contribution < 1.29 is 4.74 Å². The zero-order chi connectivity index (χ0) is 11.5. The Bertz CT molecular complexity index is 485. The van der Waals surface area contributed by atoms with E-state index in [0.717, 1.165) is 24.0 Å². The van der Waals surface area contributed by atoms with Crippen molar-refractivity contribution in [2.24, 2.45) is 0 Å². The van der Waals surface area contributed by atoms with Gasteiger partial charge < -0.3 is 4.74 Å². The molecule has 0 spiro atoms. The second-order valence-electron chi connectivity index (χ2n) is 3.75. The van der Waals surface area contributed by atoms with Crippen LogP contribution in [0.5, 0.6) is 5.75 Å². The number of methoxy groups -OCH3 is 1. The van der Waals surface area contributed by atoms with Crippen molar-refractivity contribution in [2.45, 2.75) is 19.3 Å². The Labute approximate surface area is 100 Å². The molecule has 0 heterocycles. The maximum absolute atomic E-state index is 8.78. The Morgan fingerprint density at radius 2 is 2.31 bits per heavy atom. The molecule has 0 amide bonds. The van der Waals surface area contributed by atoms with Gasteiger partial charge >= 0.3 is 0 Å². The number of ether oxygens (including phenoxy) is 1. The van der Waals surface area contributed by atoms with E-state index in [1.165, 1.54) is 5.56 Å². The molecule has 1 aliphatic rings. The largest absolute Gasteiger partial charge is 0.495 e. The lowest BCUT2D eigenvalue weighted by atomic mass is 9.89. The highest BCUT2D eigenvalue weighted by Gasteiger charge is 2.15. The predicted octanol–water partition coefficient (Wildman–Crippen LogP) is 3.59. The minimum Gasteiger partial charge on any atom is -0.495 e. The van der Waals surface area contributed by atoms with Crippen molar-refractivity contribution in [3.8, 4) is 11.8 Å². The molecule has 16 heavy (non-hydrogen) atoms.